The van der Waals surface area contributed by atoms with Crippen molar-refractivity contribution in [2.45, 2.75) is 58.3 Å². The number of piperidine rings is 1. The van der Waals surface area contributed by atoms with Crippen molar-refractivity contribution in [3.63, 3.8) is 0 Å². The lowest BCUT2D eigenvalue weighted by Crippen LogP contribution is -2.49. The summed E-state index contributed by atoms with van der Waals surface area (Å²) >= 11 is 0. The van der Waals surface area contributed by atoms with Crippen LogP contribution in [-0.2, 0) is 10.2 Å². The van der Waals surface area contributed by atoms with Crippen LogP contribution in [0.5, 0.6) is 0 Å². The Bertz CT molecular complexity index is 790. The van der Waals surface area contributed by atoms with Crippen molar-refractivity contribution in [2.75, 3.05) is 13.1 Å². The lowest BCUT2D eigenvalue weighted by molar-refractivity contribution is -0.134. The minimum atomic E-state index is -0.585. The number of amides is 1. The van der Waals surface area contributed by atoms with Crippen molar-refractivity contribution >= 4 is 5.91 Å². The first-order chi connectivity index (χ1) is 13.0. The molecule has 1 saturated heterocycles. The predicted octanol–water partition coefficient (Wildman–Crippen LogP) is 4.32. The summed E-state index contributed by atoms with van der Waals surface area (Å²) < 4.78 is 13.8. The van der Waals surface area contributed by atoms with Crippen LogP contribution in [0.4, 0.5) is 4.39 Å². The van der Waals surface area contributed by atoms with Crippen LogP contribution in [0.3, 0.4) is 0 Å². The Balaban J connectivity index is 1.74. The van der Waals surface area contributed by atoms with Gasteiger partial charge in [-0.3, -0.25) is 4.79 Å². The summed E-state index contributed by atoms with van der Waals surface area (Å²) in [5, 5.41) is 9.74. The molecular formula is C21H29FN4O. The van der Waals surface area contributed by atoms with Crippen LogP contribution < -0.4 is 0 Å². The maximum atomic E-state index is 13.8. The number of hydrogen-bond donors (Lipinski definition) is 1. The molecule has 1 N–H and O–H groups in total. The van der Waals surface area contributed by atoms with Crippen LogP contribution in [0, 0.1) is 11.9 Å². The zero-order chi connectivity index (χ0) is 19.4. The summed E-state index contributed by atoms with van der Waals surface area (Å²) in [4.78, 5) is 14.5. The topological polar surface area (TPSA) is 61.9 Å². The molecule has 1 aliphatic rings. The maximum Gasteiger partial charge on any atom is 0.260 e. The van der Waals surface area contributed by atoms with Gasteiger partial charge in [-0.25, -0.2) is 0 Å². The molecule has 27 heavy (non-hydrogen) atoms. The molecule has 3 rings (SSSR count). The quantitative estimate of drug-likeness (QED) is 0.768. The second-order valence-corrected chi connectivity index (χ2v) is 7.91. The van der Waals surface area contributed by atoms with Gasteiger partial charge in [0.2, 0.25) is 5.91 Å². The Morgan fingerprint density at radius 1 is 1.37 bits per heavy atom. The molecule has 5 nitrogen and oxygen atoms in total. The average molecular weight is 372 g/mol. The van der Waals surface area contributed by atoms with Gasteiger partial charge in [0.25, 0.3) is 5.95 Å². The fourth-order valence-corrected chi connectivity index (χ4v) is 4.00. The van der Waals surface area contributed by atoms with E-state index in [0.717, 1.165) is 49.9 Å². The van der Waals surface area contributed by atoms with E-state index in [9.17, 15) is 9.18 Å². The number of nitrogens with one attached hydrogen (secondary N) is 1. The van der Waals surface area contributed by atoms with Crippen molar-refractivity contribution in [3.05, 3.63) is 35.8 Å². The van der Waals surface area contributed by atoms with Gasteiger partial charge in [-0.1, -0.05) is 51.8 Å². The van der Waals surface area contributed by atoms with Crippen molar-refractivity contribution in [3.8, 4) is 11.3 Å². The van der Waals surface area contributed by atoms with E-state index < -0.39 is 5.95 Å². The second-order valence-electron chi connectivity index (χ2n) is 7.91. The van der Waals surface area contributed by atoms with Crippen LogP contribution in [0.15, 0.2) is 24.3 Å². The molecular weight excluding hydrogens is 343 g/mol. The number of aromatic nitrogens is 3. The molecule has 0 aliphatic carbocycles. The van der Waals surface area contributed by atoms with E-state index in [4.69, 9.17) is 0 Å². The van der Waals surface area contributed by atoms with Crippen molar-refractivity contribution < 1.29 is 9.18 Å². The summed E-state index contributed by atoms with van der Waals surface area (Å²) in [5.41, 5.74) is 2.08. The minimum Gasteiger partial charge on any atom is -0.342 e. The number of benzene rings is 1. The number of carbonyl (C=O) groups excluding carboxylic acids is 1. The van der Waals surface area contributed by atoms with Crippen molar-refractivity contribution in [1.82, 2.24) is 20.3 Å². The summed E-state index contributed by atoms with van der Waals surface area (Å²) in [7, 11) is 0. The van der Waals surface area contributed by atoms with Gasteiger partial charge < -0.3 is 4.90 Å². The number of H-pyrrole nitrogens is 1. The smallest absolute Gasteiger partial charge is 0.260 e. The first kappa shape index (κ1) is 19.5. The zero-order valence-corrected chi connectivity index (χ0v) is 16.5. The molecule has 1 aromatic carbocycles. The number of rotatable bonds is 6. The standard InChI is InChI=1S/C21H29FN4O/c1-4-5-6-10-18(27)26-12-11-21(3,15(2)14-26)17-9-7-8-16(13-17)19-20(22)24-25-23-19/h7-9,13,15H,4-6,10-12,14H2,1-3H3,(H,23,24,25). The molecule has 2 unspecified atom stereocenters. The molecule has 0 radical (unpaired) electrons. The Morgan fingerprint density at radius 3 is 2.85 bits per heavy atom. The summed E-state index contributed by atoms with van der Waals surface area (Å²) in [6.45, 7) is 8.14. The summed E-state index contributed by atoms with van der Waals surface area (Å²) in [6, 6.07) is 7.90. The molecule has 0 saturated carbocycles. The fourth-order valence-electron chi connectivity index (χ4n) is 4.00. The SMILES string of the molecule is CCCCCC(=O)N1CCC(C)(c2cccc(-c3n[nH]nc3F)c2)C(C)C1. The first-order valence-corrected chi connectivity index (χ1v) is 9.90. The lowest BCUT2D eigenvalue weighted by atomic mass is 9.67. The Hall–Kier alpha value is -2.24. The third-order valence-electron chi connectivity index (χ3n) is 6.13. The molecule has 0 bridgehead atoms. The summed E-state index contributed by atoms with van der Waals surface area (Å²) in [6.07, 6.45) is 4.77. The number of aromatic amines is 1. The third-order valence-corrected chi connectivity index (χ3v) is 6.13. The molecule has 2 heterocycles. The van der Waals surface area contributed by atoms with E-state index in [0.29, 0.717) is 12.3 Å². The number of unbranched alkanes of at least 4 members (excludes halogenated alkanes) is 2. The highest BCUT2D eigenvalue weighted by atomic mass is 19.1. The molecule has 1 amide bonds. The molecule has 1 aliphatic heterocycles. The first-order valence-electron chi connectivity index (χ1n) is 9.90. The molecule has 1 aromatic heterocycles. The number of hydrogen-bond acceptors (Lipinski definition) is 3. The largest absolute Gasteiger partial charge is 0.342 e. The highest BCUT2D eigenvalue weighted by Gasteiger charge is 2.39. The monoisotopic (exact) mass is 372 g/mol. The molecule has 6 heteroatoms. The Kier molecular flexibility index (Phi) is 5.92. The van der Waals surface area contributed by atoms with Crippen LogP contribution >= 0.6 is 0 Å². The van der Waals surface area contributed by atoms with Gasteiger partial charge in [-0.15, -0.1) is 5.10 Å². The zero-order valence-electron chi connectivity index (χ0n) is 16.5. The van der Waals surface area contributed by atoms with Crippen LogP contribution in [0.1, 0.15) is 58.4 Å². The fraction of sp³-hybridized carbons (Fsp3) is 0.571. The number of carbonyl (C=O) groups is 1. The van der Waals surface area contributed by atoms with E-state index in [1.165, 1.54) is 0 Å². The third kappa shape index (κ3) is 4.04. The molecule has 0 spiro atoms. The van der Waals surface area contributed by atoms with Crippen LogP contribution in [-0.4, -0.2) is 39.3 Å². The average Bonchev–Trinajstić information content (AvgIpc) is 3.10. The van der Waals surface area contributed by atoms with Crippen molar-refractivity contribution in [1.29, 1.82) is 0 Å². The van der Waals surface area contributed by atoms with Crippen LogP contribution in [0.2, 0.25) is 0 Å². The van der Waals surface area contributed by atoms with Crippen molar-refractivity contribution in [2.24, 2.45) is 5.92 Å². The second kappa shape index (κ2) is 8.19. The van der Waals surface area contributed by atoms with Gasteiger partial charge in [0, 0.05) is 25.1 Å². The van der Waals surface area contributed by atoms with Gasteiger partial charge in [0.1, 0.15) is 5.69 Å². The number of halogens is 1. The highest BCUT2D eigenvalue weighted by Crippen LogP contribution is 2.40. The van der Waals surface area contributed by atoms with E-state index >= 15 is 0 Å². The Morgan fingerprint density at radius 2 is 2.19 bits per heavy atom. The van der Waals surface area contributed by atoms with E-state index in [2.05, 4.69) is 42.2 Å². The Labute approximate surface area is 160 Å². The van der Waals surface area contributed by atoms with Gasteiger partial charge in [-0.2, -0.15) is 14.7 Å². The number of likely N-dealkylation sites (tertiary alicyclic amines) is 1. The lowest BCUT2D eigenvalue weighted by Gasteiger charge is -2.45. The molecule has 2 atom stereocenters. The van der Waals surface area contributed by atoms with Gasteiger partial charge in [0.15, 0.2) is 0 Å². The minimum absolute atomic E-state index is 0.0591. The highest BCUT2D eigenvalue weighted by molar-refractivity contribution is 5.76. The molecule has 146 valence electrons. The van der Waals surface area contributed by atoms with Gasteiger partial charge in [-0.05, 0) is 35.8 Å². The van der Waals surface area contributed by atoms with Gasteiger partial charge >= 0.3 is 0 Å². The maximum absolute atomic E-state index is 13.8. The molecule has 2 aromatic rings. The van der Waals surface area contributed by atoms with E-state index in [-0.39, 0.29) is 17.0 Å². The predicted molar refractivity (Wildman–Crippen MR) is 104 cm³/mol. The normalized spacial score (nSPS) is 22.8. The summed E-state index contributed by atoms with van der Waals surface area (Å²) in [5.74, 6) is 0.00685. The van der Waals surface area contributed by atoms with Crippen LogP contribution in [0.25, 0.3) is 11.3 Å². The van der Waals surface area contributed by atoms with E-state index in [1.807, 2.05) is 23.1 Å². The number of nitrogens with zero attached hydrogens (tertiary/aromatic N) is 3. The molecule has 1 fully saturated rings. The van der Waals surface area contributed by atoms with E-state index in [1.54, 1.807) is 0 Å². The van der Waals surface area contributed by atoms with Gasteiger partial charge in [0.05, 0.1) is 0 Å².